The van der Waals surface area contributed by atoms with E-state index in [1.807, 2.05) is 27.7 Å². The van der Waals surface area contributed by atoms with E-state index in [0.29, 0.717) is 26.2 Å². The second-order valence-electron chi connectivity index (χ2n) is 5.61. The van der Waals surface area contributed by atoms with Crippen LogP contribution in [0.15, 0.2) is 0 Å². The van der Waals surface area contributed by atoms with Gasteiger partial charge in [0, 0.05) is 0 Å². The molecule has 0 bridgehead atoms. The minimum atomic E-state index is -4.90. The molecule has 0 amide bonds. The summed E-state index contributed by atoms with van der Waals surface area (Å²) in [7, 11) is -3.63. The van der Waals surface area contributed by atoms with Crippen molar-refractivity contribution in [1.29, 1.82) is 0 Å². The van der Waals surface area contributed by atoms with Crippen molar-refractivity contribution in [2.24, 2.45) is 0 Å². The van der Waals surface area contributed by atoms with Crippen molar-refractivity contribution < 1.29 is 45.1 Å². The summed E-state index contributed by atoms with van der Waals surface area (Å²) < 4.78 is 48.3. The van der Waals surface area contributed by atoms with Crippen molar-refractivity contribution in [3.05, 3.63) is 0 Å². The van der Waals surface area contributed by atoms with Gasteiger partial charge in [0.25, 0.3) is 0 Å². The third-order valence-electron chi connectivity index (χ3n) is 3.08. The molecule has 0 unspecified atom stereocenters. The summed E-state index contributed by atoms with van der Waals surface area (Å²) in [5.41, 5.74) is 0. The molecule has 2 N–H and O–H groups in total. The molecule has 24 heavy (non-hydrogen) atoms. The average Bonchev–Trinajstić information content (AvgIpc) is 2.53. The van der Waals surface area contributed by atoms with Gasteiger partial charge in [-0.15, -0.1) is 0 Å². The van der Waals surface area contributed by atoms with Gasteiger partial charge in [0.15, 0.2) is 0 Å². The van der Waals surface area contributed by atoms with E-state index in [1.54, 1.807) is 0 Å². The maximum absolute atomic E-state index is 10.1. The van der Waals surface area contributed by atoms with Gasteiger partial charge in [-0.2, -0.15) is 0 Å². The van der Waals surface area contributed by atoms with Gasteiger partial charge in [-0.05, 0) is 0 Å². The summed E-state index contributed by atoms with van der Waals surface area (Å²) in [5.74, 6) is 0. The van der Waals surface area contributed by atoms with E-state index in [0.717, 1.165) is 38.5 Å². The van der Waals surface area contributed by atoms with Crippen LogP contribution in [0.1, 0.15) is 72.6 Å². The van der Waals surface area contributed by atoms with Crippen LogP contribution in [0, 0.1) is 0 Å². The Labute approximate surface area is 153 Å². The molecule has 0 fully saturated rings. The number of hydrogen-bond donors (Lipinski definition) is 2. The predicted octanol–water partition coefficient (Wildman–Crippen LogP) is 3.11. The molecule has 0 aliphatic rings. The van der Waals surface area contributed by atoms with E-state index in [1.165, 1.54) is 0 Å². The van der Waals surface area contributed by atoms with Crippen molar-refractivity contribution in [3.63, 3.8) is 0 Å². The molecule has 0 heterocycles. The monoisotopic (exact) mass is 404 g/mol. The summed E-state index contributed by atoms with van der Waals surface area (Å²) in [5, 5.41) is 0. The molecular formula is C15H36O7SiTi. The summed E-state index contributed by atoms with van der Waals surface area (Å²) in [6.07, 6.45) is 5.97. The van der Waals surface area contributed by atoms with Crippen molar-refractivity contribution in [2.45, 2.75) is 72.6 Å². The molecule has 0 aromatic heterocycles. The van der Waals surface area contributed by atoms with Crippen molar-refractivity contribution in [3.8, 4) is 0 Å². The van der Waals surface area contributed by atoms with Crippen LogP contribution >= 0.6 is 0 Å². The Morgan fingerprint density at radius 1 is 0.667 bits per heavy atom. The first-order valence-electron chi connectivity index (χ1n) is 9.16. The second kappa shape index (κ2) is 14.8. The Balaban J connectivity index is 5.02. The summed E-state index contributed by atoms with van der Waals surface area (Å²) in [4.78, 5) is 0. The van der Waals surface area contributed by atoms with Gasteiger partial charge in [-0.3, -0.25) is 0 Å². The van der Waals surface area contributed by atoms with Crippen molar-refractivity contribution in [1.82, 2.24) is 0 Å². The molecule has 9 heteroatoms. The van der Waals surface area contributed by atoms with Crippen LogP contribution in [0.4, 0.5) is 0 Å². The van der Waals surface area contributed by atoms with E-state index in [2.05, 4.69) is 0 Å². The molecule has 0 spiro atoms. The zero-order valence-corrected chi connectivity index (χ0v) is 18.3. The van der Waals surface area contributed by atoms with Crippen molar-refractivity contribution >= 4 is 9.05 Å². The topological polar surface area (TPSA) is 86.6 Å². The Morgan fingerprint density at radius 2 is 1.08 bits per heavy atom. The molecular weight excluding hydrogens is 368 g/mol. The van der Waals surface area contributed by atoms with E-state index in [-0.39, 0.29) is 6.61 Å². The Bertz CT molecular complexity index is 268. The Kier molecular flexibility index (Phi) is 15.2. The van der Waals surface area contributed by atoms with Gasteiger partial charge in [0.05, 0.1) is 0 Å². The van der Waals surface area contributed by atoms with Crippen LogP contribution in [0.2, 0.25) is 0 Å². The molecule has 0 aliphatic carbocycles. The Morgan fingerprint density at radius 3 is 1.42 bits per heavy atom. The molecule has 0 aromatic rings. The molecule has 146 valence electrons. The fraction of sp³-hybridized carbons (Fsp3) is 1.00. The number of hydrogen-bond acceptors (Lipinski definition) is 7. The number of rotatable bonds is 17. The summed E-state index contributed by atoms with van der Waals surface area (Å²) >= 11 is -4.90. The van der Waals surface area contributed by atoms with Crippen LogP contribution in [-0.2, 0) is 37.7 Å². The van der Waals surface area contributed by atoms with Crippen LogP contribution in [0.5, 0.6) is 0 Å². The zero-order chi connectivity index (χ0) is 18.3. The fourth-order valence-corrected chi connectivity index (χ4v) is 7.02. The van der Waals surface area contributed by atoms with Crippen LogP contribution in [0.25, 0.3) is 0 Å². The van der Waals surface area contributed by atoms with Gasteiger partial charge < -0.3 is 0 Å². The SMILES string of the molecule is CCCCO[Si](OCCCC)(OCCCC)[O][Ti]([OH])([OH])[O]CCC. The predicted molar refractivity (Wildman–Crippen MR) is 90.1 cm³/mol. The van der Waals surface area contributed by atoms with Crippen LogP contribution in [-0.4, -0.2) is 42.9 Å². The van der Waals surface area contributed by atoms with Gasteiger partial charge in [-0.1, -0.05) is 0 Å². The first-order chi connectivity index (χ1) is 11.4. The normalized spacial score (nSPS) is 12.8. The average molecular weight is 404 g/mol. The number of unbranched alkanes of at least 4 members (excludes halogenated alkanes) is 3. The quantitative estimate of drug-likeness (QED) is 0.285. The van der Waals surface area contributed by atoms with Gasteiger partial charge in [0.1, 0.15) is 0 Å². The van der Waals surface area contributed by atoms with Crippen LogP contribution < -0.4 is 0 Å². The summed E-state index contributed by atoms with van der Waals surface area (Å²) in [6.45, 7) is 9.44. The third-order valence-corrected chi connectivity index (χ3v) is 8.59. The first-order valence-corrected chi connectivity index (χ1v) is 13.5. The summed E-state index contributed by atoms with van der Waals surface area (Å²) in [6, 6.07) is 0. The first kappa shape index (κ1) is 24.7. The molecule has 0 aliphatic heterocycles. The van der Waals surface area contributed by atoms with Gasteiger partial charge in [-0.25, -0.2) is 0 Å². The molecule has 0 rings (SSSR count). The van der Waals surface area contributed by atoms with E-state index in [4.69, 9.17) is 19.6 Å². The standard InChI is InChI=1S/C12H27O4Si.C3H7O.2H2O.Ti/c1-4-7-10-14-17(13,15-11-8-5-2)16-12-9-6-3;1-2-3-4;;;/h4-12H2,1-3H3;2-3H2,1H3;2*1H2;/q2*-1;;;+4/p-2. The molecule has 0 saturated carbocycles. The second-order valence-corrected chi connectivity index (χ2v) is 10.8. The zero-order valence-electron chi connectivity index (χ0n) is 15.7. The molecule has 0 radical (unpaired) electrons. The van der Waals surface area contributed by atoms with Crippen molar-refractivity contribution in [2.75, 3.05) is 26.4 Å². The molecule has 7 nitrogen and oxygen atoms in total. The van der Waals surface area contributed by atoms with E-state index < -0.39 is 27.2 Å². The fourth-order valence-electron chi connectivity index (χ4n) is 1.67. The molecule has 0 aromatic carbocycles. The van der Waals surface area contributed by atoms with E-state index in [9.17, 15) is 7.38 Å². The van der Waals surface area contributed by atoms with E-state index >= 15 is 0 Å². The minimum absolute atomic E-state index is 0.219. The Hall–Kier alpha value is 0.651. The van der Waals surface area contributed by atoms with Gasteiger partial charge in [0.2, 0.25) is 0 Å². The van der Waals surface area contributed by atoms with Gasteiger partial charge >= 0.3 is 153 Å². The maximum atomic E-state index is 10.1. The van der Waals surface area contributed by atoms with Crippen LogP contribution in [0.3, 0.4) is 0 Å². The third kappa shape index (κ3) is 12.1. The molecule has 0 saturated heterocycles. The molecule has 0 atom stereocenters.